The van der Waals surface area contributed by atoms with Crippen LogP contribution in [0.2, 0.25) is 0 Å². The second-order valence-corrected chi connectivity index (χ2v) is 5.05. The first-order valence-corrected chi connectivity index (χ1v) is 6.47. The molecule has 1 fully saturated rings. The molecule has 0 spiro atoms. The maximum Gasteiger partial charge on any atom is 0.419 e. The molecule has 1 aromatic rings. The van der Waals surface area contributed by atoms with Crippen molar-refractivity contribution in [1.82, 2.24) is 5.32 Å². The molecule has 0 bridgehead atoms. The molecule has 1 aromatic carbocycles. The molecule has 1 N–H and O–H groups in total. The highest BCUT2D eigenvalue weighted by Crippen LogP contribution is 2.37. The minimum atomic E-state index is -4.63. The molecule has 1 aliphatic rings. The SMILES string of the molecule is CNC(c1ccc(C(F)(F)F)c(F)c1)C1CCCC1. The summed E-state index contributed by atoms with van der Waals surface area (Å²) in [7, 11) is 1.76. The van der Waals surface area contributed by atoms with Crippen LogP contribution in [0.5, 0.6) is 0 Å². The zero-order chi connectivity index (χ0) is 14.0. The Morgan fingerprint density at radius 1 is 1.21 bits per heavy atom. The molecule has 0 aliphatic heterocycles. The van der Waals surface area contributed by atoms with Gasteiger partial charge < -0.3 is 5.32 Å². The zero-order valence-electron chi connectivity index (χ0n) is 10.7. The van der Waals surface area contributed by atoms with Gasteiger partial charge in [0.25, 0.3) is 0 Å². The summed E-state index contributed by atoms with van der Waals surface area (Å²) < 4.78 is 51.1. The van der Waals surface area contributed by atoms with Gasteiger partial charge in [0.1, 0.15) is 5.82 Å². The van der Waals surface area contributed by atoms with E-state index < -0.39 is 17.6 Å². The van der Waals surface area contributed by atoms with Crippen LogP contribution in [0.25, 0.3) is 0 Å². The molecule has 1 saturated carbocycles. The van der Waals surface area contributed by atoms with Crippen LogP contribution < -0.4 is 5.32 Å². The summed E-state index contributed by atoms with van der Waals surface area (Å²) in [5.41, 5.74) is -0.600. The third kappa shape index (κ3) is 3.08. The summed E-state index contributed by atoms with van der Waals surface area (Å²) in [5.74, 6) is -0.815. The maximum absolute atomic E-state index is 13.6. The van der Waals surface area contributed by atoms with Crippen molar-refractivity contribution in [3.63, 3.8) is 0 Å². The van der Waals surface area contributed by atoms with Crippen molar-refractivity contribution in [2.45, 2.75) is 37.9 Å². The predicted molar refractivity (Wildman–Crippen MR) is 65.2 cm³/mol. The van der Waals surface area contributed by atoms with E-state index in [0.717, 1.165) is 37.8 Å². The first-order chi connectivity index (χ1) is 8.93. The lowest BCUT2D eigenvalue weighted by Crippen LogP contribution is -2.24. The van der Waals surface area contributed by atoms with E-state index in [0.29, 0.717) is 11.5 Å². The fraction of sp³-hybridized carbons (Fsp3) is 0.571. The Morgan fingerprint density at radius 3 is 2.32 bits per heavy atom. The van der Waals surface area contributed by atoms with Crippen LogP contribution in [0.4, 0.5) is 17.6 Å². The van der Waals surface area contributed by atoms with E-state index in [1.54, 1.807) is 7.05 Å². The predicted octanol–water partition coefficient (Wildman–Crippen LogP) is 4.30. The molecule has 19 heavy (non-hydrogen) atoms. The van der Waals surface area contributed by atoms with Crippen LogP contribution in [0.1, 0.15) is 42.9 Å². The van der Waals surface area contributed by atoms with E-state index in [2.05, 4.69) is 5.32 Å². The van der Waals surface area contributed by atoms with Gasteiger partial charge in [0, 0.05) is 6.04 Å². The Bertz CT molecular complexity index is 436. The number of rotatable bonds is 3. The molecule has 1 aliphatic carbocycles. The quantitative estimate of drug-likeness (QED) is 0.811. The van der Waals surface area contributed by atoms with Gasteiger partial charge in [0.2, 0.25) is 0 Å². The van der Waals surface area contributed by atoms with Crippen LogP contribution in [0.15, 0.2) is 18.2 Å². The Hall–Kier alpha value is -1.10. The van der Waals surface area contributed by atoms with Gasteiger partial charge in [-0.25, -0.2) is 4.39 Å². The normalized spacial score (nSPS) is 18.8. The number of nitrogens with one attached hydrogen (secondary N) is 1. The van der Waals surface area contributed by atoms with Crippen molar-refractivity contribution in [1.29, 1.82) is 0 Å². The van der Waals surface area contributed by atoms with E-state index in [4.69, 9.17) is 0 Å². The van der Waals surface area contributed by atoms with Gasteiger partial charge in [-0.1, -0.05) is 18.9 Å². The minimum Gasteiger partial charge on any atom is -0.313 e. The fourth-order valence-electron chi connectivity index (χ4n) is 2.92. The monoisotopic (exact) mass is 275 g/mol. The van der Waals surface area contributed by atoms with Gasteiger partial charge >= 0.3 is 6.18 Å². The maximum atomic E-state index is 13.6. The molecule has 5 heteroatoms. The summed E-state index contributed by atoms with van der Waals surface area (Å²) in [5, 5.41) is 3.10. The van der Waals surface area contributed by atoms with Crippen LogP contribution >= 0.6 is 0 Å². The zero-order valence-corrected chi connectivity index (χ0v) is 10.7. The van der Waals surface area contributed by atoms with Gasteiger partial charge in [-0.2, -0.15) is 13.2 Å². The van der Waals surface area contributed by atoms with Gasteiger partial charge in [0.15, 0.2) is 0 Å². The number of alkyl halides is 3. The molecule has 0 saturated heterocycles. The summed E-state index contributed by atoms with van der Waals surface area (Å²) in [6, 6.07) is 3.16. The topological polar surface area (TPSA) is 12.0 Å². The van der Waals surface area contributed by atoms with Gasteiger partial charge in [0.05, 0.1) is 5.56 Å². The highest BCUT2D eigenvalue weighted by Gasteiger charge is 2.34. The number of hydrogen-bond acceptors (Lipinski definition) is 1. The van der Waals surface area contributed by atoms with Crippen molar-refractivity contribution in [2.75, 3.05) is 7.05 Å². The fourth-order valence-corrected chi connectivity index (χ4v) is 2.92. The van der Waals surface area contributed by atoms with Crippen LogP contribution in [-0.4, -0.2) is 7.05 Å². The lowest BCUT2D eigenvalue weighted by Gasteiger charge is -2.24. The van der Waals surface area contributed by atoms with Crippen LogP contribution in [0.3, 0.4) is 0 Å². The molecular weight excluding hydrogens is 258 g/mol. The largest absolute Gasteiger partial charge is 0.419 e. The second-order valence-electron chi connectivity index (χ2n) is 5.05. The summed E-state index contributed by atoms with van der Waals surface area (Å²) in [6.07, 6.45) is -0.300. The third-order valence-corrected chi connectivity index (χ3v) is 3.84. The second kappa shape index (κ2) is 5.49. The summed E-state index contributed by atoms with van der Waals surface area (Å²) in [6.45, 7) is 0. The first-order valence-electron chi connectivity index (χ1n) is 6.47. The number of benzene rings is 1. The van der Waals surface area contributed by atoms with E-state index in [1.807, 2.05) is 0 Å². The molecule has 2 rings (SSSR count). The van der Waals surface area contributed by atoms with E-state index in [9.17, 15) is 17.6 Å². The molecule has 0 amide bonds. The lowest BCUT2D eigenvalue weighted by atomic mass is 9.91. The molecule has 0 radical (unpaired) electrons. The average molecular weight is 275 g/mol. The van der Waals surface area contributed by atoms with Crippen LogP contribution in [-0.2, 0) is 6.18 Å². The van der Waals surface area contributed by atoms with Crippen molar-refractivity contribution in [3.05, 3.63) is 35.1 Å². The molecule has 0 aromatic heterocycles. The Balaban J connectivity index is 2.27. The lowest BCUT2D eigenvalue weighted by molar-refractivity contribution is -0.140. The smallest absolute Gasteiger partial charge is 0.313 e. The molecule has 0 heterocycles. The van der Waals surface area contributed by atoms with Gasteiger partial charge in [-0.3, -0.25) is 0 Å². The van der Waals surface area contributed by atoms with Crippen molar-refractivity contribution in [2.24, 2.45) is 5.92 Å². The first kappa shape index (κ1) is 14.3. The van der Waals surface area contributed by atoms with E-state index >= 15 is 0 Å². The Labute approximate surface area is 110 Å². The van der Waals surface area contributed by atoms with Crippen LogP contribution in [0, 0.1) is 11.7 Å². The highest BCUT2D eigenvalue weighted by molar-refractivity contribution is 5.29. The minimum absolute atomic E-state index is 0.0701. The van der Waals surface area contributed by atoms with E-state index in [-0.39, 0.29) is 6.04 Å². The number of hydrogen-bond donors (Lipinski definition) is 1. The van der Waals surface area contributed by atoms with Gasteiger partial charge in [-0.15, -0.1) is 0 Å². The van der Waals surface area contributed by atoms with Gasteiger partial charge in [-0.05, 0) is 43.5 Å². The molecule has 1 unspecified atom stereocenters. The molecular formula is C14H17F4N. The number of halogens is 4. The molecule has 1 atom stereocenters. The summed E-state index contributed by atoms with van der Waals surface area (Å²) >= 11 is 0. The van der Waals surface area contributed by atoms with E-state index in [1.165, 1.54) is 6.07 Å². The standard InChI is InChI=1S/C14H17F4N/c1-19-13(9-4-2-3-5-9)10-6-7-11(12(15)8-10)14(16,17)18/h6-9,13,19H,2-5H2,1H3. The summed E-state index contributed by atoms with van der Waals surface area (Å²) in [4.78, 5) is 0. The van der Waals surface area contributed by atoms with Crippen molar-refractivity contribution in [3.8, 4) is 0 Å². The Kier molecular flexibility index (Phi) is 4.13. The van der Waals surface area contributed by atoms with Crippen molar-refractivity contribution >= 4 is 0 Å². The Morgan fingerprint density at radius 2 is 1.84 bits per heavy atom. The molecule has 106 valence electrons. The highest BCUT2D eigenvalue weighted by atomic mass is 19.4. The average Bonchev–Trinajstić information content (AvgIpc) is 2.82. The van der Waals surface area contributed by atoms with Crippen molar-refractivity contribution < 1.29 is 17.6 Å². The molecule has 1 nitrogen and oxygen atoms in total. The third-order valence-electron chi connectivity index (χ3n) is 3.84.